The number of hydrogen-bond donors (Lipinski definition) is 0. The van der Waals surface area contributed by atoms with Crippen molar-refractivity contribution in [1.82, 2.24) is 0 Å². The van der Waals surface area contributed by atoms with E-state index in [0.29, 0.717) is 0 Å². The van der Waals surface area contributed by atoms with Crippen molar-refractivity contribution in [3.63, 3.8) is 0 Å². The fourth-order valence-electron chi connectivity index (χ4n) is 1.64. The molecule has 0 radical (unpaired) electrons. The number of carbonyl (C=O) groups excluding carboxylic acids is 1. The van der Waals surface area contributed by atoms with Gasteiger partial charge in [-0.15, -0.1) is 0 Å². The van der Waals surface area contributed by atoms with Gasteiger partial charge in [0.05, 0.1) is 12.0 Å². The van der Waals surface area contributed by atoms with Gasteiger partial charge in [0.25, 0.3) is 0 Å². The van der Waals surface area contributed by atoms with Crippen LogP contribution in [0.5, 0.6) is 0 Å². The number of hydrogen-bond acceptors (Lipinski definition) is 4. The molecule has 1 atom stereocenters. The van der Waals surface area contributed by atoms with E-state index in [1.165, 1.54) is 19.2 Å². The highest BCUT2D eigenvalue weighted by atomic mass is 32.2. The largest absolute Gasteiger partial charge is 0.468 e. The molecule has 0 saturated carbocycles. The molecule has 0 N–H and O–H groups in total. The van der Waals surface area contributed by atoms with Crippen molar-refractivity contribution in [2.24, 2.45) is 0 Å². The molecule has 0 saturated heterocycles. The van der Waals surface area contributed by atoms with E-state index >= 15 is 0 Å². The second-order valence-electron chi connectivity index (χ2n) is 3.99. The van der Waals surface area contributed by atoms with Crippen LogP contribution in [0, 0.1) is 0 Å². The Morgan fingerprint density at radius 2 is 1.89 bits per heavy atom. The second kappa shape index (κ2) is 7.09. The Balaban J connectivity index is 3.09. The lowest BCUT2D eigenvalue weighted by Crippen LogP contribution is -2.31. The monoisotopic (exact) mass is 282 g/mol. The number of esters is 1. The Kier molecular flexibility index (Phi) is 5.76. The van der Waals surface area contributed by atoms with E-state index in [2.05, 4.69) is 4.74 Å². The summed E-state index contributed by atoms with van der Waals surface area (Å²) in [6, 6.07) is 7.94. The third-order valence-corrected chi connectivity index (χ3v) is 4.73. The molecule has 0 fully saturated rings. The summed E-state index contributed by atoms with van der Waals surface area (Å²) in [5, 5.41) is -1.19. The average Bonchev–Trinajstić information content (AvgIpc) is 2.43. The highest BCUT2D eigenvalue weighted by molar-refractivity contribution is 7.92. The first kappa shape index (κ1) is 15.4. The van der Waals surface area contributed by atoms with Gasteiger partial charge in [-0.1, -0.05) is 37.3 Å². The molecular weight excluding hydrogens is 264 g/mol. The fourth-order valence-corrected chi connectivity index (χ4v) is 3.22. The summed E-state index contributed by atoms with van der Waals surface area (Å²) in [7, 11) is -2.52. The molecule has 0 aromatic heterocycles. The molecule has 0 aliphatic carbocycles. The predicted octanol–water partition coefficient (Wildman–Crippen LogP) is 2.36. The van der Waals surface area contributed by atoms with Gasteiger partial charge in [0.15, 0.2) is 15.1 Å². The Bertz CT molecular complexity index is 532. The molecule has 0 bridgehead atoms. The van der Waals surface area contributed by atoms with Crippen LogP contribution in [0.2, 0.25) is 0 Å². The van der Waals surface area contributed by atoms with Gasteiger partial charge in [0, 0.05) is 0 Å². The molecule has 4 nitrogen and oxygen atoms in total. The van der Waals surface area contributed by atoms with E-state index in [1.54, 1.807) is 24.3 Å². The third kappa shape index (κ3) is 3.92. The van der Waals surface area contributed by atoms with Crippen LogP contribution >= 0.6 is 0 Å². The Morgan fingerprint density at radius 3 is 2.42 bits per heavy atom. The Hall–Kier alpha value is -1.62. The Morgan fingerprint density at radius 1 is 1.26 bits per heavy atom. The molecule has 0 heterocycles. The van der Waals surface area contributed by atoms with Crippen LogP contribution in [-0.2, 0) is 19.4 Å². The average molecular weight is 282 g/mol. The minimum absolute atomic E-state index is 0.123. The molecule has 104 valence electrons. The molecular formula is C14H18O4S. The molecule has 1 unspecified atom stereocenters. The van der Waals surface area contributed by atoms with Gasteiger partial charge in [-0.2, -0.15) is 0 Å². The van der Waals surface area contributed by atoms with Crippen LogP contribution < -0.4 is 0 Å². The van der Waals surface area contributed by atoms with Crippen molar-refractivity contribution in [2.75, 3.05) is 7.11 Å². The van der Waals surface area contributed by atoms with Crippen LogP contribution in [0.4, 0.5) is 0 Å². The fraction of sp³-hybridized carbons (Fsp3) is 0.357. The maximum absolute atomic E-state index is 12.4. The van der Waals surface area contributed by atoms with Gasteiger partial charge in [-0.05, 0) is 25.0 Å². The normalized spacial score (nSPS) is 13.4. The van der Waals surface area contributed by atoms with Crippen molar-refractivity contribution in [1.29, 1.82) is 0 Å². The molecule has 5 heteroatoms. The number of allylic oxidation sites excluding steroid dienone is 2. The summed E-state index contributed by atoms with van der Waals surface area (Å²) < 4.78 is 29.4. The van der Waals surface area contributed by atoms with Crippen molar-refractivity contribution < 1.29 is 17.9 Å². The van der Waals surface area contributed by atoms with Crippen molar-refractivity contribution in [3.8, 4) is 0 Å². The summed E-state index contributed by atoms with van der Waals surface area (Å²) in [4.78, 5) is 11.8. The summed E-state index contributed by atoms with van der Waals surface area (Å²) in [5.74, 6) is -0.732. The number of rotatable bonds is 6. The second-order valence-corrected chi connectivity index (χ2v) is 6.12. The maximum atomic E-state index is 12.4. The summed E-state index contributed by atoms with van der Waals surface area (Å²) in [5.41, 5.74) is 0. The maximum Gasteiger partial charge on any atom is 0.324 e. The summed E-state index contributed by atoms with van der Waals surface area (Å²) >= 11 is 0. The van der Waals surface area contributed by atoms with Crippen molar-refractivity contribution in [3.05, 3.63) is 42.5 Å². The lowest BCUT2D eigenvalue weighted by atomic mass is 10.2. The molecule has 0 aliphatic rings. The van der Waals surface area contributed by atoms with Gasteiger partial charge in [-0.25, -0.2) is 8.42 Å². The van der Waals surface area contributed by atoms with Crippen LogP contribution in [-0.4, -0.2) is 26.7 Å². The van der Waals surface area contributed by atoms with E-state index in [0.717, 1.165) is 6.42 Å². The minimum atomic E-state index is -3.72. The molecule has 0 spiro atoms. The molecule has 0 aliphatic heterocycles. The van der Waals surface area contributed by atoms with E-state index in [1.807, 2.05) is 13.0 Å². The molecule has 1 aromatic carbocycles. The van der Waals surface area contributed by atoms with Crippen LogP contribution in [0.1, 0.15) is 19.8 Å². The van der Waals surface area contributed by atoms with Crippen LogP contribution in [0.3, 0.4) is 0 Å². The van der Waals surface area contributed by atoms with E-state index < -0.39 is 21.1 Å². The Labute approximate surface area is 114 Å². The molecule has 1 rings (SSSR count). The first-order valence-corrected chi connectivity index (χ1v) is 7.60. The third-order valence-electron chi connectivity index (χ3n) is 2.66. The zero-order chi connectivity index (χ0) is 14.3. The molecule has 19 heavy (non-hydrogen) atoms. The van der Waals surface area contributed by atoms with E-state index in [4.69, 9.17) is 0 Å². The number of carbonyl (C=O) groups is 1. The van der Waals surface area contributed by atoms with Crippen molar-refractivity contribution in [2.45, 2.75) is 29.9 Å². The van der Waals surface area contributed by atoms with Gasteiger partial charge in [0.1, 0.15) is 0 Å². The number of methoxy groups -OCH3 is 1. The highest BCUT2D eigenvalue weighted by Crippen LogP contribution is 2.19. The van der Waals surface area contributed by atoms with Crippen molar-refractivity contribution >= 4 is 15.8 Å². The van der Waals surface area contributed by atoms with Gasteiger partial charge in [-0.3, -0.25) is 4.79 Å². The van der Waals surface area contributed by atoms with Gasteiger partial charge < -0.3 is 4.74 Å². The SMILES string of the molecule is CC/C=C/CC(C(=O)OC)S(=O)(=O)c1ccccc1. The topological polar surface area (TPSA) is 60.4 Å². The van der Waals surface area contributed by atoms with Gasteiger partial charge >= 0.3 is 5.97 Å². The number of ether oxygens (including phenoxy) is 1. The quantitative estimate of drug-likeness (QED) is 0.593. The molecule has 1 aromatic rings. The lowest BCUT2D eigenvalue weighted by Gasteiger charge is -2.13. The van der Waals surface area contributed by atoms with E-state index in [9.17, 15) is 13.2 Å². The molecule has 0 amide bonds. The first-order chi connectivity index (χ1) is 9.04. The lowest BCUT2D eigenvalue weighted by molar-refractivity contribution is -0.140. The zero-order valence-electron chi connectivity index (χ0n) is 11.1. The summed E-state index contributed by atoms with van der Waals surface area (Å²) in [6.45, 7) is 1.94. The van der Waals surface area contributed by atoms with E-state index in [-0.39, 0.29) is 11.3 Å². The minimum Gasteiger partial charge on any atom is -0.468 e. The first-order valence-electron chi connectivity index (χ1n) is 6.05. The number of benzene rings is 1. The standard InChI is InChI=1S/C14H18O4S/c1-3-4-6-11-13(14(15)18-2)19(16,17)12-9-7-5-8-10-12/h4-10,13H,3,11H2,1-2H3/b6-4+. The highest BCUT2D eigenvalue weighted by Gasteiger charge is 2.33. The zero-order valence-corrected chi connectivity index (χ0v) is 11.9. The van der Waals surface area contributed by atoms with Crippen LogP contribution in [0.15, 0.2) is 47.4 Å². The predicted molar refractivity (Wildman–Crippen MR) is 73.5 cm³/mol. The number of sulfone groups is 1. The van der Waals surface area contributed by atoms with Crippen LogP contribution in [0.25, 0.3) is 0 Å². The smallest absolute Gasteiger partial charge is 0.324 e. The summed E-state index contributed by atoms with van der Waals surface area (Å²) in [6.07, 6.45) is 4.44. The van der Waals surface area contributed by atoms with Gasteiger partial charge in [0.2, 0.25) is 0 Å².